The van der Waals surface area contributed by atoms with Crippen LogP contribution in [-0.4, -0.2) is 38.8 Å². The Labute approximate surface area is 110 Å². The summed E-state index contributed by atoms with van der Waals surface area (Å²) in [6.45, 7) is 3.17. The van der Waals surface area contributed by atoms with Crippen LogP contribution in [0.25, 0.3) is 0 Å². The smallest absolute Gasteiger partial charge is 0.119 e. The molecule has 1 heterocycles. The van der Waals surface area contributed by atoms with Gasteiger partial charge in [-0.2, -0.15) is 0 Å². The number of hydrogen-bond donors (Lipinski definition) is 0. The molecule has 3 heteroatoms. The van der Waals surface area contributed by atoms with Crippen LogP contribution in [0.15, 0.2) is 24.3 Å². The molecule has 0 aromatic heterocycles. The van der Waals surface area contributed by atoms with E-state index in [4.69, 9.17) is 9.47 Å². The van der Waals surface area contributed by atoms with E-state index in [-0.39, 0.29) is 0 Å². The molecule has 0 radical (unpaired) electrons. The second kappa shape index (κ2) is 6.76. The number of hydrogen-bond acceptors (Lipinski definition) is 3. The van der Waals surface area contributed by atoms with Gasteiger partial charge in [0.25, 0.3) is 0 Å². The van der Waals surface area contributed by atoms with E-state index in [0.717, 1.165) is 25.3 Å². The summed E-state index contributed by atoms with van der Waals surface area (Å²) in [5.41, 5.74) is 1.38. The van der Waals surface area contributed by atoms with Gasteiger partial charge in [0.1, 0.15) is 5.75 Å². The molecule has 0 amide bonds. The monoisotopic (exact) mass is 249 g/mol. The predicted molar refractivity (Wildman–Crippen MR) is 73.0 cm³/mol. The van der Waals surface area contributed by atoms with E-state index in [2.05, 4.69) is 23.1 Å². The zero-order valence-electron chi connectivity index (χ0n) is 11.4. The molecule has 1 atom stereocenters. The van der Waals surface area contributed by atoms with E-state index in [1.165, 1.54) is 24.9 Å². The highest BCUT2D eigenvalue weighted by molar-refractivity contribution is 5.31. The molecule has 0 N–H and O–H groups in total. The number of methoxy groups -OCH3 is 2. The quantitative estimate of drug-likeness (QED) is 0.724. The molecule has 2 rings (SSSR count). The first-order chi connectivity index (χ1) is 8.85. The highest BCUT2D eigenvalue weighted by Crippen LogP contribution is 2.33. The number of ether oxygens (including phenoxy) is 2. The van der Waals surface area contributed by atoms with E-state index in [0.29, 0.717) is 6.04 Å². The number of nitrogens with zero attached hydrogens (tertiary/aromatic N) is 1. The fourth-order valence-corrected chi connectivity index (χ4v) is 2.73. The van der Waals surface area contributed by atoms with Crippen molar-refractivity contribution in [2.24, 2.45) is 0 Å². The first kappa shape index (κ1) is 13.4. The van der Waals surface area contributed by atoms with Gasteiger partial charge in [0.15, 0.2) is 0 Å². The summed E-state index contributed by atoms with van der Waals surface area (Å²) in [5.74, 6) is 0.955. The van der Waals surface area contributed by atoms with E-state index < -0.39 is 0 Å². The molecule has 0 bridgehead atoms. The maximum Gasteiger partial charge on any atom is 0.119 e. The number of benzene rings is 1. The van der Waals surface area contributed by atoms with E-state index in [9.17, 15) is 0 Å². The molecule has 0 saturated carbocycles. The molecule has 0 unspecified atom stereocenters. The van der Waals surface area contributed by atoms with Crippen molar-refractivity contribution in [1.82, 2.24) is 4.90 Å². The zero-order chi connectivity index (χ0) is 12.8. The van der Waals surface area contributed by atoms with Gasteiger partial charge in [0, 0.05) is 26.3 Å². The molecule has 1 saturated heterocycles. The predicted octanol–water partition coefficient (Wildman–Crippen LogP) is 2.87. The molecule has 1 aromatic carbocycles. The second-order valence-electron chi connectivity index (χ2n) is 4.82. The summed E-state index contributed by atoms with van der Waals surface area (Å²) < 4.78 is 10.4. The lowest BCUT2D eigenvalue weighted by molar-refractivity contribution is 0.167. The SMILES string of the molecule is COCCCN1CCC[C@@H]1c1cccc(OC)c1. The molecule has 1 fully saturated rings. The lowest BCUT2D eigenvalue weighted by Crippen LogP contribution is -2.25. The topological polar surface area (TPSA) is 21.7 Å². The van der Waals surface area contributed by atoms with E-state index in [1.54, 1.807) is 14.2 Å². The van der Waals surface area contributed by atoms with Crippen molar-refractivity contribution in [2.45, 2.75) is 25.3 Å². The molecule has 100 valence electrons. The van der Waals surface area contributed by atoms with Gasteiger partial charge in [-0.05, 0) is 43.5 Å². The van der Waals surface area contributed by atoms with Crippen LogP contribution in [0.5, 0.6) is 5.75 Å². The molecular weight excluding hydrogens is 226 g/mol. The minimum Gasteiger partial charge on any atom is -0.497 e. The van der Waals surface area contributed by atoms with Crippen molar-refractivity contribution in [3.8, 4) is 5.75 Å². The van der Waals surface area contributed by atoms with E-state index >= 15 is 0 Å². The average molecular weight is 249 g/mol. The van der Waals surface area contributed by atoms with Crippen molar-refractivity contribution in [3.63, 3.8) is 0 Å². The van der Waals surface area contributed by atoms with Crippen molar-refractivity contribution in [3.05, 3.63) is 29.8 Å². The fourth-order valence-electron chi connectivity index (χ4n) is 2.73. The summed E-state index contributed by atoms with van der Waals surface area (Å²) >= 11 is 0. The van der Waals surface area contributed by atoms with Gasteiger partial charge in [-0.3, -0.25) is 4.90 Å². The maximum atomic E-state index is 5.31. The number of rotatable bonds is 6. The van der Waals surface area contributed by atoms with Gasteiger partial charge in [-0.1, -0.05) is 12.1 Å². The third-order valence-corrected chi connectivity index (χ3v) is 3.64. The van der Waals surface area contributed by atoms with Gasteiger partial charge in [-0.15, -0.1) is 0 Å². The zero-order valence-corrected chi connectivity index (χ0v) is 11.4. The summed E-state index contributed by atoms with van der Waals surface area (Å²) in [5, 5.41) is 0. The Morgan fingerprint density at radius 3 is 3.00 bits per heavy atom. The van der Waals surface area contributed by atoms with Gasteiger partial charge < -0.3 is 9.47 Å². The third-order valence-electron chi connectivity index (χ3n) is 3.64. The Bertz CT molecular complexity index is 367. The first-order valence-corrected chi connectivity index (χ1v) is 6.72. The summed E-state index contributed by atoms with van der Waals surface area (Å²) in [6.07, 6.45) is 3.64. The summed E-state index contributed by atoms with van der Waals surface area (Å²) in [6, 6.07) is 9.02. The van der Waals surface area contributed by atoms with Crippen LogP contribution in [0.1, 0.15) is 30.9 Å². The standard InChI is InChI=1S/C15H23NO2/c1-17-11-5-10-16-9-4-8-15(16)13-6-3-7-14(12-13)18-2/h3,6-7,12,15H,4-5,8-11H2,1-2H3/t15-/m1/s1. The Kier molecular flexibility index (Phi) is 5.02. The third kappa shape index (κ3) is 3.24. The van der Waals surface area contributed by atoms with Crippen LogP contribution in [0.4, 0.5) is 0 Å². The highest BCUT2D eigenvalue weighted by Gasteiger charge is 2.25. The van der Waals surface area contributed by atoms with E-state index in [1.807, 2.05) is 6.07 Å². The Morgan fingerprint density at radius 1 is 1.33 bits per heavy atom. The van der Waals surface area contributed by atoms with Crippen LogP contribution >= 0.6 is 0 Å². The average Bonchev–Trinajstić information content (AvgIpc) is 2.87. The first-order valence-electron chi connectivity index (χ1n) is 6.72. The van der Waals surface area contributed by atoms with Crippen LogP contribution in [-0.2, 0) is 4.74 Å². The van der Waals surface area contributed by atoms with Crippen LogP contribution < -0.4 is 4.74 Å². The van der Waals surface area contributed by atoms with Crippen molar-refractivity contribution in [1.29, 1.82) is 0 Å². The highest BCUT2D eigenvalue weighted by atomic mass is 16.5. The van der Waals surface area contributed by atoms with Crippen LogP contribution in [0.2, 0.25) is 0 Å². The fraction of sp³-hybridized carbons (Fsp3) is 0.600. The van der Waals surface area contributed by atoms with Crippen molar-refractivity contribution >= 4 is 0 Å². The maximum absolute atomic E-state index is 5.31. The van der Waals surface area contributed by atoms with Crippen molar-refractivity contribution < 1.29 is 9.47 Å². The molecule has 1 aliphatic rings. The molecular formula is C15H23NO2. The lowest BCUT2D eigenvalue weighted by atomic mass is 10.0. The number of likely N-dealkylation sites (tertiary alicyclic amines) is 1. The Hall–Kier alpha value is -1.06. The Balaban J connectivity index is 2.01. The molecule has 18 heavy (non-hydrogen) atoms. The molecule has 0 aliphatic carbocycles. The largest absolute Gasteiger partial charge is 0.497 e. The normalized spacial score (nSPS) is 20.2. The van der Waals surface area contributed by atoms with Gasteiger partial charge in [0.2, 0.25) is 0 Å². The summed E-state index contributed by atoms with van der Waals surface area (Å²) in [7, 11) is 3.49. The molecule has 3 nitrogen and oxygen atoms in total. The second-order valence-corrected chi connectivity index (χ2v) is 4.82. The van der Waals surface area contributed by atoms with Crippen LogP contribution in [0.3, 0.4) is 0 Å². The van der Waals surface area contributed by atoms with Crippen LogP contribution in [0, 0.1) is 0 Å². The molecule has 0 spiro atoms. The van der Waals surface area contributed by atoms with Gasteiger partial charge >= 0.3 is 0 Å². The summed E-state index contributed by atoms with van der Waals surface area (Å²) in [4.78, 5) is 2.56. The molecule has 1 aliphatic heterocycles. The van der Waals surface area contributed by atoms with Gasteiger partial charge in [-0.25, -0.2) is 0 Å². The van der Waals surface area contributed by atoms with Gasteiger partial charge in [0.05, 0.1) is 7.11 Å². The lowest BCUT2D eigenvalue weighted by Gasteiger charge is -2.25. The molecule has 1 aromatic rings. The Morgan fingerprint density at radius 2 is 2.22 bits per heavy atom. The van der Waals surface area contributed by atoms with Crippen molar-refractivity contribution in [2.75, 3.05) is 33.9 Å². The minimum atomic E-state index is 0.553. The minimum absolute atomic E-state index is 0.553.